The predicted molar refractivity (Wildman–Crippen MR) is 243 cm³/mol. The molecule has 1 amide bonds. The molecule has 2 N–H and O–H groups in total. The van der Waals surface area contributed by atoms with Crippen LogP contribution in [0.1, 0.15) is 80.3 Å². The molecule has 9 nitrogen and oxygen atoms in total. The van der Waals surface area contributed by atoms with Crippen LogP contribution in [0.4, 0.5) is 0 Å². The van der Waals surface area contributed by atoms with Crippen molar-refractivity contribution in [3.05, 3.63) is 131 Å². The Kier molecular flexibility index (Phi) is 10.9. The van der Waals surface area contributed by atoms with Gasteiger partial charge in [0.25, 0.3) is 0 Å². The Hall–Kier alpha value is -5.38. The summed E-state index contributed by atoms with van der Waals surface area (Å²) in [7, 11) is 6.38. The molecule has 8 atom stereocenters. The standard InChI is InChI=1S/C54H61NO8/c1-50-23-20-38(56)31-52(50)26-27-54(42(32-52)49(58)41-15-11-10-14-40(41)36-12-8-7-9-13-36)46(50)21-24-51(2)47(54)22-25-53(51,59)34-55(33-37-17-18-39(60-3)30-44(37)62-5)48(57)29-35-16-19-43(61-4)45(28-35)63-6/h7-19,26-28,30,32,38,46-47,56,59H,20-25,29,31,33-34H2,1-6H3/t38?,46-,47-,50-,51+,52+,53-,54-/m1/s1. The second kappa shape index (κ2) is 16.0. The van der Waals surface area contributed by atoms with Gasteiger partial charge >= 0.3 is 0 Å². The summed E-state index contributed by atoms with van der Waals surface area (Å²) in [5.41, 5.74) is 1.64. The first-order valence-corrected chi connectivity index (χ1v) is 22.5. The average Bonchev–Trinajstić information content (AvgIpc) is 3.58. The molecule has 0 heterocycles. The number of Topliss-reactive ketones (excluding diaryl/α,β-unsaturated/α-hetero) is 1. The molecule has 4 aromatic rings. The van der Waals surface area contributed by atoms with Gasteiger partial charge in [0.2, 0.25) is 5.91 Å². The molecule has 0 saturated heterocycles. The SMILES string of the molecule is COc1ccc(CN(C[C@]2(O)CC[C@H]3[C@]45C=C[C@@]6(C=C4C(=O)c4ccccc4-c4ccccc4)CC(O)CC[C@]6(C)[C@H]5CC[C@@]32C)C(=O)Cc2ccc(OC)c(OC)c2)c(OC)c1. The molecule has 1 unspecified atom stereocenters. The third kappa shape index (κ3) is 6.63. The van der Waals surface area contributed by atoms with Gasteiger partial charge < -0.3 is 34.1 Å². The summed E-state index contributed by atoms with van der Waals surface area (Å²) in [6.45, 7) is 4.93. The number of carbonyl (C=O) groups excluding carboxylic acids is 2. The maximum atomic E-state index is 15.7. The monoisotopic (exact) mass is 851 g/mol. The van der Waals surface area contributed by atoms with E-state index in [2.05, 4.69) is 44.2 Å². The fraction of sp³-hybridized carbons (Fsp3) is 0.444. The van der Waals surface area contributed by atoms with E-state index in [4.69, 9.17) is 18.9 Å². The van der Waals surface area contributed by atoms with Crippen molar-refractivity contribution in [2.45, 2.75) is 83.5 Å². The van der Waals surface area contributed by atoms with Crippen molar-refractivity contribution in [2.24, 2.45) is 33.5 Å². The highest BCUT2D eigenvalue weighted by Crippen LogP contribution is 2.78. The van der Waals surface area contributed by atoms with E-state index in [1.54, 1.807) is 39.4 Å². The number of rotatable bonds is 13. The molecule has 63 heavy (non-hydrogen) atoms. The molecule has 0 aromatic heterocycles. The molecule has 3 fully saturated rings. The van der Waals surface area contributed by atoms with Crippen LogP contribution in [0, 0.1) is 33.5 Å². The van der Waals surface area contributed by atoms with Gasteiger partial charge in [0.1, 0.15) is 11.5 Å². The lowest BCUT2D eigenvalue weighted by Crippen LogP contribution is -2.67. The summed E-state index contributed by atoms with van der Waals surface area (Å²) in [6.07, 6.45) is 11.5. The Morgan fingerprint density at radius 2 is 1.43 bits per heavy atom. The van der Waals surface area contributed by atoms with Crippen LogP contribution < -0.4 is 18.9 Å². The minimum atomic E-state index is -1.29. The maximum absolute atomic E-state index is 15.7. The van der Waals surface area contributed by atoms with Crippen molar-refractivity contribution in [1.29, 1.82) is 0 Å². The molecule has 9 heteroatoms. The summed E-state index contributed by atoms with van der Waals surface area (Å²) < 4.78 is 22.4. The first-order valence-electron chi connectivity index (χ1n) is 22.5. The van der Waals surface area contributed by atoms with Gasteiger partial charge in [0.15, 0.2) is 17.3 Å². The van der Waals surface area contributed by atoms with E-state index >= 15 is 4.79 Å². The predicted octanol–water partition coefficient (Wildman–Crippen LogP) is 9.43. The van der Waals surface area contributed by atoms with Crippen LogP contribution in [0.15, 0.2) is 115 Å². The van der Waals surface area contributed by atoms with E-state index in [1.165, 1.54) is 0 Å². The second-order valence-electron chi connectivity index (χ2n) is 19.3. The van der Waals surface area contributed by atoms with Crippen LogP contribution in [0.2, 0.25) is 0 Å². The fourth-order valence-electron chi connectivity index (χ4n) is 13.3. The average molecular weight is 852 g/mol. The molecule has 6 aliphatic carbocycles. The molecule has 330 valence electrons. The molecular weight excluding hydrogens is 791 g/mol. The first kappa shape index (κ1) is 42.9. The van der Waals surface area contributed by atoms with Crippen LogP contribution in [0.5, 0.6) is 23.0 Å². The van der Waals surface area contributed by atoms with Gasteiger partial charge in [0, 0.05) is 45.6 Å². The van der Waals surface area contributed by atoms with Crippen LogP contribution in [0.3, 0.4) is 0 Å². The van der Waals surface area contributed by atoms with Gasteiger partial charge in [0.05, 0.1) is 53.1 Å². The number of aliphatic hydroxyl groups excluding tert-OH is 1. The fourth-order valence-corrected chi connectivity index (χ4v) is 13.3. The number of nitrogens with zero attached hydrogens (tertiary/aromatic N) is 1. The number of ether oxygens (including phenoxy) is 4. The van der Waals surface area contributed by atoms with Gasteiger partial charge in [-0.15, -0.1) is 0 Å². The zero-order valence-corrected chi connectivity index (χ0v) is 37.5. The lowest BCUT2D eigenvalue weighted by atomic mass is 9.32. The number of amides is 1. The van der Waals surface area contributed by atoms with E-state index < -0.39 is 27.9 Å². The van der Waals surface area contributed by atoms with Gasteiger partial charge in [-0.05, 0) is 103 Å². The normalized spacial score (nSPS) is 31.2. The number of fused-ring (bicyclic) bond motifs is 1. The topological polar surface area (TPSA) is 115 Å². The number of allylic oxidation sites excluding steroid dienone is 4. The van der Waals surface area contributed by atoms with E-state index in [1.807, 2.05) is 72.8 Å². The number of benzene rings is 4. The number of hydrogen-bond donors (Lipinski definition) is 2. The highest BCUT2D eigenvalue weighted by atomic mass is 16.5. The smallest absolute Gasteiger partial charge is 0.227 e. The zero-order valence-electron chi connectivity index (χ0n) is 37.5. The summed E-state index contributed by atoms with van der Waals surface area (Å²) >= 11 is 0. The lowest BCUT2D eigenvalue weighted by Gasteiger charge is -2.71. The number of hydrogen-bond acceptors (Lipinski definition) is 8. The highest BCUT2D eigenvalue weighted by molar-refractivity contribution is 6.14. The van der Waals surface area contributed by atoms with Crippen molar-refractivity contribution < 1.29 is 38.7 Å². The number of ketones is 1. The minimum Gasteiger partial charge on any atom is -0.497 e. The van der Waals surface area contributed by atoms with Crippen LogP contribution in [-0.4, -0.2) is 73.5 Å². The van der Waals surface area contributed by atoms with Crippen LogP contribution in [0.25, 0.3) is 11.1 Å². The highest BCUT2D eigenvalue weighted by Gasteiger charge is 2.74. The van der Waals surface area contributed by atoms with Crippen molar-refractivity contribution >= 4 is 11.7 Å². The summed E-state index contributed by atoms with van der Waals surface area (Å²) in [6, 6.07) is 29.1. The third-order valence-electron chi connectivity index (χ3n) is 16.7. The van der Waals surface area contributed by atoms with Gasteiger partial charge in [-0.3, -0.25) is 9.59 Å². The molecular formula is C54H61NO8. The largest absolute Gasteiger partial charge is 0.497 e. The van der Waals surface area contributed by atoms with E-state index in [0.717, 1.165) is 53.5 Å². The summed E-state index contributed by atoms with van der Waals surface area (Å²) in [4.78, 5) is 32.3. The Morgan fingerprint density at radius 1 is 0.730 bits per heavy atom. The third-order valence-corrected chi connectivity index (χ3v) is 16.7. The van der Waals surface area contributed by atoms with E-state index in [-0.39, 0.29) is 48.5 Å². The van der Waals surface area contributed by atoms with Crippen LogP contribution >= 0.6 is 0 Å². The molecule has 10 rings (SSSR count). The maximum Gasteiger partial charge on any atom is 0.227 e. The van der Waals surface area contributed by atoms with Gasteiger partial charge in [-0.2, -0.15) is 0 Å². The number of carbonyl (C=O) groups is 2. The quantitative estimate of drug-likeness (QED) is 0.101. The Morgan fingerprint density at radius 3 is 2.17 bits per heavy atom. The van der Waals surface area contributed by atoms with Crippen molar-refractivity contribution in [2.75, 3.05) is 35.0 Å². The molecule has 6 aliphatic rings. The molecule has 0 aliphatic heterocycles. The Bertz CT molecular complexity index is 2480. The molecule has 2 spiro atoms. The van der Waals surface area contributed by atoms with Gasteiger partial charge in [-0.25, -0.2) is 0 Å². The van der Waals surface area contributed by atoms with Gasteiger partial charge in [-0.1, -0.05) is 92.7 Å². The Labute approximate surface area is 371 Å². The Balaban J connectivity index is 1.12. The second-order valence-corrected chi connectivity index (χ2v) is 19.3. The molecule has 0 radical (unpaired) electrons. The first-order chi connectivity index (χ1) is 30.3. The zero-order chi connectivity index (χ0) is 44.4. The van der Waals surface area contributed by atoms with Crippen molar-refractivity contribution in [1.82, 2.24) is 4.90 Å². The number of aliphatic hydroxyl groups is 2. The van der Waals surface area contributed by atoms with Crippen LogP contribution in [-0.2, 0) is 17.8 Å². The van der Waals surface area contributed by atoms with E-state index in [9.17, 15) is 15.0 Å². The molecule has 4 aromatic carbocycles. The van der Waals surface area contributed by atoms with Crippen molar-refractivity contribution in [3.63, 3.8) is 0 Å². The summed E-state index contributed by atoms with van der Waals surface area (Å²) in [5.74, 6) is 2.25. The number of methoxy groups -OCH3 is 4. The molecule has 3 saturated carbocycles. The van der Waals surface area contributed by atoms with E-state index in [0.29, 0.717) is 47.8 Å². The molecule has 2 bridgehead atoms. The lowest BCUT2D eigenvalue weighted by molar-refractivity contribution is -0.178. The minimum absolute atomic E-state index is 0.0169. The van der Waals surface area contributed by atoms with Crippen molar-refractivity contribution in [3.8, 4) is 34.1 Å². The summed E-state index contributed by atoms with van der Waals surface area (Å²) in [5, 5.41) is 24.8.